The monoisotopic (exact) mass is 356 g/mol. The minimum Gasteiger partial charge on any atom is -0.333 e. The highest BCUT2D eigenvalue weighted by molar-refractivity contribution is 5.78. The Bertz CT molecular complexity index is 662. The highest BCUT2D eigenvalue weighted by atomic mass is 16.2. The Hall–Kier alpha value is -1.86. The molecule has 2 atom stereocenters. The molecule has 2 rings (SSSR count). The summed E-state index contributed by atoms with van der Waals surface area (Å²) in [4.78, 5) is 12.4. The largest absolute Gasteiger partial charge is 0.333 e. The van der Waals surface area contributed by atoms with E-state index in [1.165, 1.54) is 11.1 Å². The molecule has 1 aliphatic carbocycles. The maximum Gasteiger partial charge on any atom is 0.276 e. The molecular formula is C22H34N3O+. The molecule has 0 unspecified atom stereocenters. The average molecular weight is 357 g/mol. The van der Waals surface area contributed by atoms with E-state index in [1.54, 1.807) is 0 Å². The number of carbonyl (C=O) groups is 1. The highest BCUT2D eigenvalue weighted by Gasteiger charge is 2.43. The second-order valence-corrected chi connectivity index (χ2v) is 9.22. The van der Waals surface area contributed by atoms with Gasteiger partial charge in [0, 0.05) is 11.5 Å². The smallest absolute Gasteiger partial charge is 0.276 e. The van der Waals surface area contributed by atoms with Crippen LogP contribution in [0.3, 0.4) is 0 Å². The van der Waals surface area contributed by atoms with Crippen LogP contribution in [0.4, 0.5) is 0 Å². The van der Waals surface area contributed by atoms with Crippen LogP contribution in [0.15, 0.2) is 24.3 Å². The van der Waals surface area contributed by atoms with Gasteiger partial charge in [0.25, 0.3) is 5.91 Å². The van der Waals surface area contributed by atoms with Gasteiger partial charge in [0.1, 0.15) is 11.6 Å². The summed E-state index contributed by atoms with van der Waals surface area (Å²) in [5.41, 5.74) is 1.98. The molecule has 26 heavy (non-hydrogen) atoms. The summed E-state index contributed by atoms with van der Waals surface area (Å²) < 4.78 is 0. The number of rotatable bonds is 7. The average Bonchev–Trinajstić information content (AvgIpc) is 3.39. The molecule has 1 fully saturated rings. The van der Waals surface area contributed by atoms with Gasteiger partial charge < -0.3 is 10.6 Å². The summed E-state index contributed by atoms with van der Waals surface area (Å²) in [6.07, 6.45) is 2.06. The number of hydrogen-bond donors (Lipinski definition) is 2. The molecule has 0 spiro atoms. The Labute approximate surface area is 158 Å². The Morgan fingerprint density at radius 1 is 1.23 bits per heavy atom. The quantitative estimate of drug-likeness (QED) is 0.788. The van der Waals surface area contributed by atoms with Crippen LogP contribution >= 0.6 is 0 Å². The van der Waals surface area contributed by atoms with Gasteiger partial charge in [0.15, 0.2) is 6.54 Å². The minimum atomic E-state index is -0.716. The van der Waals surface area contributed by atoms with E-state index in [0.717, 1.165) is 12.8 Å². The van der Waals surface area contributed by atoms with Crippen molar-refractivity contribution in [2.75, 3.05) is 6.54 Å². The van der Waals surface area contributed by atoms with E-state index in [0.29, 0.717) is 18.4 Å². The van der Waals surface area contributed by atoms with Crippen LogP contribution in [0.25, 0.3) is 0 Å². The molecule has 1 aliphatic rings. The Kier molecular flexibility index (Phi) is 6.13. The van der Waals surface area contributed by atoms with Crippen molar-refractivity contribution in [1.29, 1.82) is 5.26 Å². The molecule has 0 radical (unpaired) electrons. The van der Waals surface area contributed by atoms with Crippen molar-refractivity contribution >= 4 is 5.91 Å². The zero-order chi connectivity index (χ0) is 19.5. The second kappa shape index (κ2) is 7.80. The lowest BCUT2D eigenvalue weighted by molar-refractivity contribution is -0.692. The number of nitrogens with two attached hydrogens (primary N) is 1. The van der Waals surface area contributed by atoms with E-state index in [2.05, 4.69) is 75.6 Å². The van der Waals surface area contributed by atoms with Crippen molar-refractivity contribution in [3.8, 4) is 6.07 Å². The van der Waals surface area contributed by atoms with Gasteiger partial charge in [-0.1, -0.05) is 58.9 Å². The first-order valence-corrected chi connectivity index (χ1v) is 9.73. The molecule has 0 bridgehead atoms. The van der Waals surface area contributed by atoms with Gasteiger partial charge in [0.05, 0.1) is 6.07 Å². The minimum absolute atomic E-state index is 0.0575. The van der Waals surface area contributed by atoms with Crippen LogP contribution in [-0.2, 0) is 10.2 Å². The maximum absolute atomic E-state index is 12.4. The Morgan fingerprint density at radius 3 is 2.23 bits per heavy atom. The van der Waals surface area contributed by atoms with E-state index < -0.39 is 5.54 Å². The standard InChI is InChI=1S/C22H33N3O/c1-15(2)20(16-7-9-17(10-8-16)21(3,4)5)24-13-19(26)25-22(6,14-23)18-11-12-18/h7-10,15,18,20,24H,11-13H2,1-6H3,(H,25,26)/p+1/t20-,22-/m1/s1. The molecule has 3 N–H and O–H groups in total. The van der Waals surface area contributed by atoms with E-state index in [9.17, 15) is 10.1 Å². The second-order valence-electron chi connectivity index (χ2n) is 9.22. The number of carbonyl (C=O) groups excluding carboxylic acids is 1. The van der Waals surface area contributed by atoms with Gasteiger partial charge in [-0.3, -0.25) is 4.79 Å². The summed E-state index contributed by atoms with van der Waals surface area (Å²) in [6.45, 7) is 13.2. The van der Waals surface area contributed by atoms with Crippen molar-refractivity contribution in [1.82, 2.24) is 5.32 Å². The normalized spacial score (nSPS) is 18.1. The van der Waals surface area contributed by atoms with Crippen LogP contribution in [-0.4, -0.2) is 18.0 Å². The topological polar surface area (TPSA) is 69.5 Å². The van der Waals surface area contributed by atoms with Gasteiger partial charge in [-0.05, 0) is 36.7 Å². The van der Waals surface area contributed by atoms with Gasteiger partial charge >= 0.3 is 0 Å². The van der Waals surface area contributed by atoms with Crippen LogP contribution in [0.5, 0.6) is 0 Å². The molecular weight excluding hydrogens is 322 g/mol. The van der Waals surface area contributed by atoms with Crippen molar-refractivity contribution in [2.45, 2.75) is 71.4 Å². The van der Waals surface area contributed by atoms with Gasteiger partial charge in [-0.15, -0.1) is 0 Å². The van der Waals surface area contributed by atoms with Gasteiger partial charge in [-0.2, -0.15) is 5.26 Å². The molecule has 0 aromatic heterocycles. The van der Waals surface area contributed by atoms with Crippen molar-refractivity contribution < 1.29 is 10.1 Å². The first kappa shape index (κ1) is 20.5. The molecule has 0 saturated heterocycles. The van der Waals surface area contributed by atoms with E-state index in [4.69, 9.17) is 0 Å². The number of quaternary nitrogens is 1. The molecule has 4 nitrogen and oxygen atoms in total. The van der Waals surface area contributed by atoms with Crippen LogP contribution < -0.4 is 10.6 Å². The Morgan fingerprint density at radius 2 is 1.81 bits per heavy atom. The third kappa shape index (κ3) is 5.08. The Balaban J connectivity index is 2.00. The first-order valence-electron chi connectivity index (χ1n) is 9.73. The number of amides is 1. The molecule has 142 valence electrons. The third-order valence-electron chi connectivity index (χ3n) is 5.46. The van der Waals surface area contributed by atoms with Crippen LogP contribution in [0.1, 0.15) is 71.6 Å². The van der Waals surface area contributed by atoms with Crippen molar-refractivity contribution in [2.24, 2.45) is 11.8 Å². The summed E-state index contributed by atoms with van der Waals surface area (Å²) >= 11 is 0. The van der Waals surface area contributed by atoms with Crippen molar-refractivity contribution in [3.05, 3.63) is 35.4 Å². The maximum atomic E-state index is 12.4. The van der Waals surface area contributed by atoms with E-state index in [1.807, 2.05) is 6.92 Å². The van der Waals surface area contributed by atoms with Gasteiger partial charge in [0.2, 0.25) is 0 Å². The number of hydrogen-bond acceptors (Lipinski definition) is 2. The molecule has 1 saturated carbocycles. The molecule has 4 heteroatoms. The number of nitrogens with one attached hydrogen (secondary N) is 1. The first-order chi connectivity index (χ1) is 12.1. The fourth-order valence-corrected chi connectivity index (χ4v) is 3.46. The predicted octanol–water partition coefficient (Wildman–Crippen LogP) is 3.05. The lowest BCUT2D eigenvalue weighted by Gasteiger charge is -2.25. The fourth-order valence-electron chi connectivity index (χ4n) is 3.46. The van der Waals surface area contributed by atoms with E-state index >= 15 is 0 Å². The predicted molar refractivity (Wildman–Crippen MR) is 104 cm³/mol. The van der Waals surface area contributed by atoms with E-state index in [-0.39, 0.29) is 17.4 Å². The molecule has 1 amide bonds. The summed E-state index contributed by atoms with van der Waals surface area (Å²) in [5.74, 6) is 0.661. The number of nitriles is 1. The zero-order valence-electron chi connectivity index (χ0n) is 17.1. The molecule has 0 aliphatic heterocycles. The summed E-state index contributed by atoms with van der Waals surface area (Å²) in [5, 5.41) is 14.4. The number of benzene rings is 1. The lowest BCUT2D eigenvalue weighted by atomic mass is 9.85. The molecule has 1 aromatic carbocycles. The third-order valence-corrected chi connectivity index (χ3v) is 5.46. The molecule has 0 heterocycles. The fraction of sp³-hybridized carbons (Fsp3) is 0.636. The zero-order valence-corrected chi connectivity index (χ0v) is 17.1. The molecule has 1 aromatic rings. The summed E-state index contributed by atoms with van der Waals surface area (Å²) in [6, 6.07) is 11.3. The SMILES string of the molecule is CC(C)[C@@H]([NH2+]CC(=O)N[C@](C)(C#N)C1CC1)c1ccc(C(C)(C)C)cc1. The number of nitrogens with zero attached hydrogens (tertiary/aromatic N) is 1. The highest BCUT2D eigenvalue weighted by Crippen LogP contribution is 2.39. The van der Waals surface area contributed by atoms with Crippen molar-refractivity contribution in [3.63, 3.8) is 0 Å². The summed E-state index contributed by atoms with van der Waals surface area (Å²) in [7, 11) is 0. The lowest BCUT2D eigenvalue weighted by Crippen LogP contribution is -2.88. The van der Waals surface area contributed by atoms with Gasteiger partial charge in [-0.25, -0.2) is 0 Å². The van der Waals surface area contributed by atoms with Crippen LogP contribution in [0.2, 0.25) is 0 Å². The van der Waals surface area contributed by atoms with Crippen LogP contribution in [0, 0.1) is 23.2 Å².